The molecule has 1 aliphatic carbocycles. The van der Waals surface area contributed by atoms with Crippen LogP contribution in [0, 0.1) is 11.3 Å². The molecule has 3 rings (SSSR count). The molecule has 0 spiro atoms. The van der Waals surface area contributed by atoms with Crippen molar-refractivity contribution in [1.82, 2.24) is 0 Å². The number of rotatable bonds is 3. The molecule has 2 N–H and O–H groups in total. The number of phenols is 1. The first-order valence-electron chi connectivity index (χ1n) is 6.74. The molecule has 0 radical (unpaired) electrons. The number of nitriles is 1. The summed E-state index contributed by atoms with van der Waals surface area (Å²) in [5.41, 5.74) is 1.73. The minimum atomic E-state index is -0.351. The van der Waals surface area contributed by atoms with E-state index in [9.17, 15) is 10.4 Å². The highest BCUT2D eigenvalue weighted by atomic mass is 16.3. The first-order valence-corrected chi connectivity index (χ1v) is 6.74. The molecule has 0 aromatic heterocycles. The largest absolute Gasteiger partial charge is 0.508 e. The normalized spacial score (nSPS) is 24.4. The lowest BCUT2D eigenvalue weighted by Crippen LogP contribution is -2.47. The van der Waals surface area contributed by atoms with E-state index in [-0.39, 0.29) is 11.2 Å². The van der Waals surface area contributed by atoms with E-state index >= 15 is 0 Å². The van der Waals surface area contributed by atoms with Crippen molar-refractivity contribution in [2.24, 2.45) is 0 Å². The van der Waals surface area contributed by atoms with Crippen LogP contribution in [-0.2, 0) is 5.41 Å². The predicted molar refractivity (Wildman–Crippen MR) is 78.5 cm³/mol. The first kappa shape index (κ1) is 12.6. The van der Waals surface area contributed by atoms with Gasteiger partial charge >= 0.3 is 0 Å². The lowest BCUT2D eigenvalue weighted by molar-refractivity contribution is 0.289. The Hall–Kier alpha value is -2.47. The Morgan fingerprint density at radius 2 is 1.70 bits per heavy atom. The summed E-state index contributed by atoms with van der Waals surface area (Å²) in [6.07, 6.45) is 1.63. The molecule has 2 aromatic rings. The summed E-state index contributed by atoms with van der Waals surface area (Å²) in [5.74, 6) is 0.264. The summed E-state index contributed by atoms with van der Waals surface area (Å²) >= 11 is 0. The summed E-state index contributed by atoms with van der Waals surface area (Å²) in [4.78, 5) is 0. The molecular weight excluding hydrogens is 248 g/mol. The number of anilines is 1. The molecule has 0 atom stereocenters. The van der Waals surface area contributed by atoms with Crippen molar-refractivity contribution in [2.45, 2.75) is 24.3 Å². The van der Waals surface area contributed by atoms with Crippen molar-refractivity contribution in [3.05, 3.63) is 60.2 Å². The molecule has 0 saturated heterocycles. The molecule has 1 saturated carbocycles. The molecule has 3 heteroatoms. The Morgan fingerprint density at radius 1 is 1.05 bits per heavy atom. The maximum atomic E-state index is 9.50. The topological polar surface area (TPSA) is 56.0 Å². The zero-order valence-corrected chi connectivity index (χ0v) is 11.1. The zero-order chi connectivity index (χ0) is 14.0. The second-order valence-electron chi connectivity index (χ2n) is 5.36. The summed E-state index contributed by atoms with van der Waals surface area (Å²) in [6.45, 7) is 0. The zero-order valence-electron chi connectivity index (χ0n) is 11.1. The smallest absolute Gasteiger partial charge is 0.115 e. The number of aromatic hydroxyl groups is 1. The molecule has 20 heavy (non-hydrogen) atoms. The molecule has 1 aliphatic rings. The van der Waals surface area contributed by atoms with Gasteiger partial charge in [0.2, 0.25) is 0 Å². The van der Waals surface area contributed by atoms with Crippen molar-refractivity contribution in [3.8, 4) is 11.8 Å². The number of phenolic OH excluding ortho intramolecular Hbond substituents is 1. The lowest BCUT2D eigenvalue weighted by Gasteiger charge is -2.43. The van der Waals surface area contributed by atoms with Crippen LogP contribution < -0.4 is 5.32 Å². The quantitative estimate of drug-likeness (QED) is 0.835. The Morgan fingerprint density at radius 3 is 2.30 bits per heavy atom. The SMILES string of the molecule is N#CC1(c2ccccc2)CC(Nc2ccc(O)cc2)C1. The number of benzene rings is 2. The molecule has 0 aliphatic heterocycles. The van der Waals surface area contributed by atoms with Crippen LogP contribution in [0.1, 0.15) is 18.4 Å². The lowest BCUT2D eigenvalue weighted by atomic mass is 9.62. The van der Waals surface area contributed by atoms with Gasteiger partial charge in [-0.15, -0.1) is 0 Å². The van der Waals surface area contributed by atoms with Gasteiger partial charge in [0.15, 0.2) is 0 Å². The van der Waals surface area contributed by atoms with Crippen LogP contribution in [-0.4, -0.2) is 11.1 Å². The van der Waals surface area contributed by atoms with Gasteiger partial charge in [0, 0.05) is 11.7 Å². The Labute approximate surface area is 118 Å². The Bertz CT molecular complexity index is 622. The molecule has 100 valence electrons. The van der Waals surface area contributed by atoms with Gasteiger partial charge in [-0.2, -0.15) is 5.26 Å². The van der Waals surface area contributed by atoms with Crippen molar-refractivity contribution in [3.63, 3.8) is 0 Å². The molecular formula is C17H16N2O. The molecule has 3 nitrogen and oxygen atoms in total. The van der Waals surface area contributed by atoms with E-state index in [1.54, 1.807) is 12.1 Å². The van der Waals surface area contributed by atoms with Gasteiger partial charge < -0.3 is 10.4 Å². The van der Waals surface area contributed by atoms with E-state index in [0.29, 0.717) is 6.04 Å². The average molecular weight is 264 g/mol. The molecule has 0 amide bonds. The van der Waals surface area contributed by atoms with Crippen LogP contribution in [0.15, 0.2) is 54.6 Å². The monoisotopic (exact) mass is 264 g/mol. The maximum Gasteiger partial charge on any atom is 0.115 e. The van der Waals surface area contributed by atoms with Gasteiger partial charge in [0.25, 0.3) is 0 Å². The van der Waals surface area contributed by atoms with Crippen LogP contribution in [0.5, 0.6) is 5.75 Å². The third kappa shape index (κ3) is 2.21. The average Bonchev–Trinajstić information content (AvgIpc) is 2.45. The first-order chi connectivity index (χ1) is 9.72. The number of hydrogen-bond acceptors (Lipinski definition) is 3. The van der Waals surface area contributed by atoms with Gasteiger partial charge in [-0.25, -0.2) is 0 Å². The standard InChI is InChI=1S/C17H16N2O/c18-12-17(13-4-2-1-3-5-13)10-15(11-17)19-14-6-8-16(20)9-7-14/h1-9,15,19-20H,10-11H2. The van der Waals surface area contributed by atoms with E-state index in [1.807, 2.05) is 42.5 Å². The van der Waals surface area contributed by atoms with Crippen molar-refractivity contribution < 1.29 is 5.11 Å². The summed E-state index contributed by atoms with van der Waals surface area (Å²) in [5, 5.41) is 22.2. The fourth-order valence-electron chi connectivity index (χ4n) is 2.83. The second kappa shape index (κ2) is 4.90. The molecule has 0 heterocycles. The second-order valence-corrected chi connectivity index (χ2v) is 5.36. The van der Waals surface area contributed by atoms with E-state index in [0.717, 1.165) is 24.1 Å². The van der Waals surface area contributed by atoms with Gasteiger partial charge in [-0.05, 0) is 42.7 Å². The summed E-state index contributed by atoms with van der Waals surface area (Å²) < 4.78 is 0. The number of hydrogen-bond donors (Lipinski definition) is 2. The van der Waals surface area contributed by atoms with Crippen LogP contribution in [0.2, 0.25) is 0 Å². The Balaban J connectivity index is 1.68. The highest BCUT2D eigenvalue weighted by Crippen LogP contribution is 2.44. The van der Waals surface area contributed by atoms with Crippen LogP contribution >= 0.6 is 0 Å². The summed E-state index contributed by atoms with van der Waals surface area (Å²) in [7, 11) is 0. The Kier molecular flexibility index (Phi) is 3.08. The van der Waals surface area contributed by atoms with E-state index in [4.69, 9.17) is 0 Å². The highest BCUT2D eigenvalue weighted by Gasteiger charge is 2.46. The van der Waals surface area contributed by atoms with Crippen LogP contribution in [0.4, 0.5) is 5.69 Å². The fourth-order valence-corrected chi connectivity index (χ4v) is 2.83. The molecule has 0 bridgehead atoms. The molecule has 2 aromatic carbocycles. The fraction of sp³-hybridized carbons (Fsp3) is 0.235. The minimum absolute atomic E-state index is 0.264. The number of nitrogens with zero attached hydrogens (tertiary/aromatic N) is 1. The van der Waals surface area contributed by atoms with Crippen molar-refractivity contribution in [1.29, 1.82) is 5.26 Å². The van der Waals surface area contributed by atoms with E-state index in [2.05, 4.69) is 11.4 Å². The molecule has 0 unspecified atom stereocenters. The maximum absolute atomic E-state index is 9.50. The van der Waals surface area contributed by atoms with Gasteiger partial charge in [0.1, 0.15) is 5.75 Å². The third-order valence-corrected chi connectivity index (χ3v) is 3.97. The van der Waals surface area contributed by atoms with Gasteiger partial charge in [0.05, 0.1) is 11.5 Å². The van der Waals surface area contributed by atoms with Gasteiger partial charge in [-0.3, -0.25) is 0 Å². The predicted octanol–water partition coefficient (Wildman–Crippen LogP) is 3.43. The van der Waals surface area contributed by atoms with E-state index < -0.39 is 0 Å². The highest BCUT2D eigenvalue weighted by molar-refractivity contribution is 5.49. The minimum Gasteiger partial charge on any atom is -0.508 e. The molecule has 1 fully saturated rings. The van der Waals surface area contributed by atoms with Crippen LogP contribution in [0.25, 0.3) is 0 Å². The number of nitrogens with one attached hydrogen (secondary N) is 1. The van der Waals surface area contributed by atoms with Gasteiger partial charge in [-0.1, -0.05) is 30.3 Å². The van der Waals surface area contributed by atoms with E-state index in [1.165, 1.54) is 0 Å². The van der Waals surface area contributed by atoms with Crippen molar-refractivity contribution >= 4 is 5.69 Å². The van der Waals surface area contributed by atoms with Crippen molar-refractivity contribution in [2.75, 3.05) is 5.32 Å². The van der Waals surface area contributed by atoms with Crippen LogP contribution in [0.3, 0.4) is 0 Å². The summed E-state index contributed by atoms with van der Waals surface area (Å²) in [6, 6.07) is 19.8. The third-order valence-electron chi connectivity index (χ3n) is 3.97.